The van der Waals surface area contributed by atoms with Gasteiger partial charge in [-0.25, -0.2) is 4.79 Å². The van der Waals surface area contributed by atoms with Crippen LogP contribution in [-0.4, -0.2) is 22.4 Å². The molecular formula is C12H16N2O2. The third-order valence-corrected chi connectivity index (χ3v) is 2.49. The van der Waals surface area contributed by atoms with Gasteiger partial charge in [-0.15, -0.1) is 0 Å². The summed E-state index contributed by atoms with van der Waals surface area (Å²) in [6.45, 7) is 2.82. The summed E-state index contributed by atoms with van der Waals surface area (Å²) in [6.07, 6.45) is 7.68. The molecule has 1 aliphatic carbocycles. The minimum Gasteiger partial charge on any atom is -0.463 e. The Labute approximate surface area is 94.9 Å². The Hall–Kier alpha value is -1.58. The Bertz CT molecular complexity index is 391. The lowest BCUT2D eigenvalue weighted by Crippen LogP contribution is -2.01. The van der Waals surface area contributed by atoms with E-state index >= 15 is 0 Å². The summed E-state index contributed by atoms with van der Waals surface area (Å²) < 4.78 is 6.61. The smallest absolute Gasteiger partial charge is 0.330 e. The van der Waals surface area contributed by atoms with Crippen molar-refractivity contribution in [1.82, 2.24) is 9.78 Å². The van der Waals surface area contributed by atoms with Crippen LogP contribution in [-0.2, 0) is 16.1 Å². The summed E-state index contributed by atoms with van der Waals surface area (Å²) in [5, 5.41) is 4.43. The lowest BCUT2D eigenvalue weighted by Gasteiger charge is -1.96. The molecule has 4 nitrogen and oxygen atoms in total. The molecule has 0 aromatic carbocycles. The number of hydrogen-bond donors (Lipinski definition) is 0. The van der Waals surface area contributed by atoms with E-state index in [1.165, 1.54) is 24.6 Å². The Morgan fingerprint density at radius 2 is 2.50 bits per heavy atom. The van der Waals surface area contributed by atoms with E-state index in [0.717, 1.165) is 0 Å². The number of allylic oxidation sites excluding steroid dienone is 1. The number of nitrogens with zero attached hydrogens (tertiary/aromatic N) is 2. The van der Waals surface area contributed by atoms with Crippen molar-refractivity contribution in [3.05, 3.63) is 30.1 Å². The first kappa shape index (κ1) is 10.9. The molecule has 0 atom stereocenters. The van der Waals surface area contributed by atoms with Crippen molar-refractivity contribution in [3.8, 4) is 0 Å². The number of hydrogen-bond acceptors (Lipinski definition) is 3. The average Bonchev–Trinajstić information content (AvgIpc) is 3.00. The lowest BCUT2D eigenvalue weighted by atomic mass is 10.3. The van der Waals surface area contributed by atoms with Gasteiger partial charge in [-0.3, -0.25) is 4.68 Å². The van der Waals surface area contributed by atoms with Crippen LogP contribution in [0.25, 0.3) is 0 Å². The van der Waals surface area contributed by atoms with Gasteiger partial charge in [0.1, 0.15) is 0 Å². The minimum atomic E-state index is -0.294. The van der Waals surface area contributed by atoms with Gasteiger partial charge in [0.05, 0.1) is 18.8 Å². The van der Waals surface area contributed by atoms with Crippen LogP contribution < -0.4 is 0 Å². The maximum Gasteiger partial charge on any atom is 0.330 e. The van der Waals surface area contributed by atoms with Gasteiger partial charge in [-0.1, -0.05) is 6.08 Å². The molecule has 1 aliphatic rings. The van der Waals surface area contributed by atoms with E-state index in [4.69, 9.17) is 4.74 Å². The van der Waals surface area contributed by atoms with E-state index in [1.54, 1.807) is 13.0 Å². The van der Waals surface area contributed by atoms with Gasteiger partial charge in [0.2, 0.25) is 0 Å². The fourth-order valence-electron chi connectivity index (χ4n) is 1.52. The zero-order valence-electron chi connectivity index (χ0n) is 9.43. The van der Waals surface area contributed by atoms with Crippen molar-refractivity contribution in [2.24, 2.45) is 0 Å². The van der Waals surface area contributed by atoms with Crippen LogP contribution in [0, 0.1) is 0 Å². The van der Waals surface area contributed by atoms with E-state index in [2.05, 4.69) is 11.2 Å². The third kappa shape index (κ3) is 2.95. The molecule has 0 aliphatic heterocycles. The number of ether oxygens (including phenoxy) is 1. The normalized spacial score (nSPS) is 15.6. The summed E-state index contributed by atoms with van der Waals surface area (Å²) in [5.74, 6) is 0.382. The fraction of sp³-hybridized carbons (Fsp3) is 0.500. The van der Waals surface area contributed by atoms with Gasteiger partial charge in [-0.05, 0) is 25.8 Å². The molecule has 4 heteroatoms. The predicted molar refractivity (Wildman–Crippen MR) is 60.0 cm³/mol. The van der Waals surface area contributed by atoms with Crippen molar-refractivity contribution >= 4 is 5.97 Å². The second kappa shape index (κ2) is 4.96. The first-order valence-electron chi connectivity index (χ1n) is 5.66. The maximum atomic E-state index is 11.0. The largest absolute Gasteiger partial charge is 0.463 e. The summed E-state index contributed by atoms with van der Waals surface area (Å²) in [4.78, 5) is 11.0. The van der Waals surface area contributed by atoms with Crippen molar-refractivity contribution in [2.45, 2.75) is 32.2 Å². The van der Waals surface area contributed by atoms with E-state index in [0.29, 0.717) is 19.1 Å². The van der Waals surface area contributed by atoms with E-state index < -0.39 is 0 Å². The quantitative estimate of drug-likeness (QED) is 0.562. The number of rotatable bonds is 5. The summed E-state index contributed by atoms with van der Waals surface area (Å²) in [5.41, 5.74) is 1.17. The average molecular weight is 220 g/mol. The minimum absolute atomic E-state index is 0.294. The zero-order valence-corrected chi connectivity index (χ0v) is 9.43. The highest BCUT2D eigenvalue weighted by atomic mass is 16.5. The maximum absolute atomic E-state index is 11.0. The third-order valence-electron chi connectivity index (χ3n) is 2.49. The molecule has 0 unspecified atom stereocenters. The molecule has 2 rings (SSSR count). The molecule has 0 amide bonds. The van der Waals surface area contributed by atoms with E-state index in [9.17, 15) is 4.79 Å². The van der Waals surface area contributed by atoms with Gasteiger partial charge in [-0.2, -0.15) is 5.10 Å². The molecule has 0 saturated heterocycles. The summed E-state index contributed by atoms with van der Waals surface area (Å²) in [6, 6.07) is 2.05. The number of esters is 1. The Morgan fingerprint density at radius 3 is 3.19 bits per heavy atom. The first-order chi connectivity index (χ1) is 7.79. The fourth-order valence-corrected chi connectivity index (χ4v) is 1.52. The molecule has 0 N–H and O–H groups in total. The molecule has 16 heavy (non-hydrogen) atoms. The monoisotopic (exact) mass is 220 g/mol. The zero-order chi connectivity index (χ0) is 11.4. The molecule has 0 radical (unpaired) electrons. The SMILES string of the molecule is CCOC(=O)/C=C/Cn1ccc(C2CC2)n1. The molecule has 86 valence electrons. The van der Waals surface area contributed by atoms with Crippen LogP contribution in [0.3, 0.4) is 0 Å². The number of carbonyl (C=O) groups excluding carboxylic acids is 1. The number of carbonyl (C=O) groups is 1. The van der Waals surface area contributed by atoms with Crippen LogP contribution in [0.1, 0.15) is 31.4 Å². The molecule has 0 spiro atoms. The summed E-state index contributed by atoms with van der Waals surface area (Å²) >= 11 is 0. The second-order valence-corrected chi connectivity index (χ2v) is 3.89. The molecule has 1 aromatic heterocycles. The highest BCUT2D eigenvalue weighted by Gasteiger charge is 2.25. The van der Waals surface area contributed by atoms with Gasteiger partial charge in [0.15, 0.2) is 0 Å². The molecule has 1 fully saturated rings. The van der Waals surface area contributed by atoms with Crippen LogP contribution in [0.2, 0.25) is 0 Å². The topological polar surface area (TPSA) is 44.1 Å². The Balaban J connectivity index is 1.81. The van der Waals surface area contributed by atoms with Gasteiger partial charge in [0.25, 0.3) is 0 Å². The Kier molecular flexibility index (Phi) is 3.39. The Morgan fingerprint density at radius 1 is 1.69 bits per heavy atom. The highest BCUT2D eigenvalue weighted by Crippen LogP contribution is 2.38. The van der Waals surface area contributed by atoms with Gasteiger partial charge >= 0.3 is 5.97 Å². The highest BCUT2D eigenvalue weighted by molar-refractivity contribution is 5.81. The second-order valence-electron chi connectivity index (χ2n) is 3.89. The lowest BCUT2D eigenvalue weighted by molar-refractivity contribution is -0.137. The molecule has 1 aromatic rings. The molecule has 0 bridgehead atoms. The van der Waals surface area contributed by atoms with E-state index in [1.807, 2.05) is 10.9 Å². The van der Waals surface area contributed by atoms with Crippen LogP contribution in [0.5, 0.6) is 0 Å². The van der Waals surface area contributed by atoms with Crippen LogP contribution in [0.15, 0.2) is 24.4 Å². The van der Waals surface area contributed by atoms with Crippen LogP contribution >= 0.6 is 0 Å². The van der Waals surface area contributed by atoms with Crippen molar-refractivity contribution < 1.29 is 9.53 Å². The molecule has 1 saturated carbocycles. The predicted octanol–water partition coefficient (Wildman–Crippen LogP) is 1.88. The molecular weight excluding hydrogens is 204 g/mol. The van der Waals surface area contributed by atoms with Crippen LogP contribution in [0.4, 0.5) is 0 Å². The van der Waals surface area contributed by atoms with Crippen molar-refractivity contribution in [3.63, 3.8) is 0 Å². The van der Waals surface area contributed by atoms with E-state index in [-0.39, 0.29) is 5.97 Å². The van der Waals surface area contributed by atoms with Crippen molar-refractivity contribution in [1.29, 1.82) is 0 Å². The molecule has 1 heterocycles. The van der Waals surface area contributed by atoms with Crippen molar-refractivity contribution in [2.75, 3.05) is 6.61 Å². The first-order valence-corrected chi connectivity index (χ1v) is 5.66. The number of aromatic nitrogens is 2. The van der Waals surface area contributed by atoms with Gasteiger partial charge in [0, 0.05) is 18.2 Å². The summed E-state index contributed by atoms with van der Waals surface area (Å²) in [7, 11) is 0. The standard InChI is InChI=1S/C12H16N2O2/c1-2-16-12(15)4-3-8-14-9-7-11(13-14)10-5-6-10/h3-4,7,9-10H,2,5-6,8H2,1H3/b4-3+. The van der Waals surface area contributed by atoms with Gasteiger partial charge < -0.3 is 4.74 Å².